The number of benzene rings is 1. The van der Waals surface area contributed by atoms with Gasteiger partial charge in [-0.05, 0) is 68.2 Å². The summed E-state index contributed by atoms with van der Waals surface area (Å²) in [5.41, 5.74) is 0.989. The number of hydrogen-bond acceptors (Lipinski definition) is 5. The maximum absolute atomic E-state index is 13.0. The second-order valence-electron chi connectivity index (χ2n) is 10.0. The fourth-order valence-corrected chi connectivity index (χ4v) is 6.55. The largest absolute Gasteiger partial charge is 0.378 e. The van der Waals surface area contributed by atoms with Crippen LogP contribution in [0.25, 0.3) is 0 Å². The third-order valence-corrected chi connectivity index (χ3v) is 8.27. The van der Waals surface area contributed by atoms with E-state index in [9.17, 15) is 18.3 Å². The van der Waals surface area contributed by atoms with Crippen molar-refractivity contribution in [2.45, 2.75) is 70.6 Å². The van der Waals surface area contributed by atoms with E-state index in [1.165, 1.54) is 44.9 Å². The van der Waals surface area contributed by atoms with Gasteiger partial charge in [0.25, 0.3) is 5.91 Å². The van der Waals surface area contributed by atoms with Crippen molar-refractivity contribution < 1.29 is 18.3 Å². The second kappa shape index (κ2) is 10.5. The summed E-state index contributed by atoms with van der Waals surface area (Å²) >= 11 is 0. The Morgan fingerprint density at radius 3 is 2.34 bits per heavy atom. The molecule has 0 spiro atoms. The number of amides is 1. The Kier molecular flexibility index (Phi) is 7.74. The first-order valence-electron chi connectivity index (χ1n) is 12.1. The first-order valence-corrected chi connectivity index (χ1v) is 13.3. The zero-order valence-electron chi connectivity index (χ0n) is 19.0. The van der Waals surface area contributed by atoms with Crippen LogP contribution in [0.1, 0.15) is 68.6 Å². The van der Waals surface area contributed by atoms with Gasteiger partial charge in [0.1, 0.15) is 6.23 Å². The molecular weight excluding hydrogens is 426 g/mol. The summed E-state index contributed by atoms with van der Waals surface area (Å²) in [6.45, 7) is 3.96. The minimum atomic E-state index is -2.72. The molecule has 1 aromatic carbocycles. The maximum Gasteiger partial charge on any atom is 0.254 e. The van der Waals surface area contributed by atoms with Gasteiger partial charge in [-0.3, -0.25) is 14.4 Å². The van der Waals surface area contributed by atoms with Gasteiger partial charge in [0.15, 0.2) is 0 Å². The lowest BCUT2D eigenvalue weighted by Crippen LogP contribution is -2.56. The Labute approximate surface area is 193 Å². The normalized spacial score (nSPS) is 30.0. The van der Waals surface area contributed by atoms with Crippen LogP contribution in [0.3, 0.4) is 0 Å². The van der Waals surface area contributed by atoms with Crippen LogP contribution in [0, 0.1) is 17.8 Å². The molecule has 4 rings (SSSR count). The Bertz CT molecular complexity index is 837. The molecule has 4 atom stereocenters. The van der Waals surface area contributed by atoms with Crippen LogP contribution < -0.4 is 4.72 Å². The zero-order valence-corrected chi connectivity index (χ0v) is 19.9. The van der Waals surface area contributed by atoms with Crippen LogP contribution in [0.15, 0.2) is 24.3 Å². The van der Waals surface area contributed by atoms with Crippen molar-refractivity contribution in [3.63, 3.8) is 0 Å². The summed E-state index contributed by atoms with van der Waals surface area (Å²) in [6.07, 6.45) is 9.88. The van der Waals surface area contributed by atoms with Crippen molar-refractivity contribution in [1.29, 1.82) is 0 Å². The predicted octanol–water partition coefficient (Wildman–Crippen LogP) is 3.09. The molecule has 2 aliphatic carbocycles. The summed E-state index contributed by atoms with van der Waals surface area (Å²) in [4.78, 5) is 17.0. The molecule has 2 saturated carbocycles. The van der Waals surface area contributed by atoms with Crippen molar-refractivity contribution >= 4 is 22.5 Å². The number of carbonyl (C=O) groups is 1. The number of carbonyl (C=O) groups excluding carboxylic acids is 1. The molecule has 8 heteroatoms. The van der Waals surface area contributed by atoms with E-state index in [1.54, 1.807) is 24.3 Å². The molecule has 0 radical (unpaired) electrons. The lowest BCUT2D eigenvalue weighted by Gasteiger charge is -2.42. The number of nitrogens with zero attached hydrogens (tertiary/aromatic N) is 2. The Hall–Kier alpha value is -1.64. The number of anilines is 1. The van der Waals surface area contributed by atoms with Gasteiger partial charge in [0.05, 0.1) is 0 Å². The summed E-state index contributed by atoms with van der Waals surface area (Å²) in [7, 11) is -2.72. The van der Waals surface area contributed by atoms with Gasteiger partial charge >= 0.3 is 0 Å². The molecule has 1 amide bonds. The fourth-order valence-electron chi connectivity index (χ4n) is 6.19. The van der Waals surface area contributed by atoms with Gasteiger partial charge in [-0.25, -0.2) is 8.42 Å². The molecule has 178 valence electrons. The maximum atomic E-state index is 13.0. The third kappa shape index (κ3) is 5.64. The van der Waals surface area contributed by atoms with E-state index in [2.05, 4.69) is 9.62 Å². The number of aliphatic hydroxyl groups is 1. The first-order chi connectivity index (χ1) is 15.4. The van der Waals surface area contributed by atoms with E-state index in [0.717, 1.165) is 18.3 Å². The molecule has 2 N–H and O–H groups in total. The number of nitrogens with one attached hydrogen (secondary N) is 1. The highest BCUT2D eigenvalue weighted by Gasteiger charge is 2.37. The van der Waals surface area contributed by atoms with Crippen LogP contribution >= 0.6 is 0 Å². The van der Waals surface area contributed by atoms with Gasteiger partial charge in [-0.15, -0.1) is 0 Å². The number of hydrogen-bond donors (Lipinski definition) is 3. The monoisotopic (exact) mass is 463 g/mol. The van der Waals surface area contributed by atoms with E-state index in [1.807, 2.05) is 11.8 Å². The highest BCUT2D eigenvalue weighted by Crippen LogP contribution is 2.45. The highest BCUT2D eigenvalue weighted by atomic mass is 32.2. The van der Waals surface area contributed by atoms with Crippen molar-refractivity contribution in [1.82, 2.24) is 9.80 Å². The molecule has 1 saturated heterocycles. The van der Waals surface area contributed by atoms with Crippen molar-refractivity contribution in [2.75, 3.05) is 24.4 Å². The summed E-state index contributed by atoms with van der Waals surface area (Å²) < 4.78 is 23.9. The number of fused-ring (bicyclic) bond motifs is 1. The van der Waals surface area contributed by atoms with Gasteiger partial charge in [0.2, 0.25) is 10.9 Å². The summed E-state index contributed by atoms with van der Waals surface area (Å²) in [5.74, 6) is 2.32. The zero-order chi connectivity index (χ0) is 22.7. The molecule has 0 bridgehead atoms. The van der Waals surface area contributed by atoms with Crippen LogP contribution in [0.2, 0.25) is 0 Å². The molecule has 1 aliphatic heterocycles. The molecule has 1 heterocycles. The smallest absolute Gasteiger partial charge is 0.254 e. The summed E-state index contributed by atoms with van der Waals surface area (Å²) in [5, 5.41) is 11.0. The average molecular weight is 464 g/mol. The Morgan fingerprint density at radius 1 is 1.09 bits per heavy atom. The summed E-state index contributed by atoms with van der Waals surface area (Å²) in [6, 6.07) is 6.52. The quantitative estimate of drug-likeness (QED) is 0.564. The number of piperazine rings is 1. The average Bonchev–Trinajstić information content (AvgIpc) is 3.01. The lowest BCUT2D eigenvalue weighted by atomic mass is 9.92. The van der Waals surface area contributed by atoms with E-state index >= 15 is 0 Å². The molecular formula is C24H37N3O4S. The standard InChI is InChI=1S/C24H37N3O4S/c1-17-16-26(23(28)15-18-13-20-5-3-2-4-6-21(20)14-18)11-12-27(17)24(29)19-7-9-22(10-8-19)25-32(30)31/h7-10,17-18,20-21,23,28,32H,2-6,11-16H2,1H3,(H,25,30,31)/t17-,18?,20?,21?,23?/m1/s1. The molecule has 0 aromatic heterocycles. The van der Waals surface area contributed by atoms with Crippen LogP contribution in [-0.4, -0.2) is 61.1 Å². The van der Waals surface area contributed by atoms with Gasteiger partial charge in [-0.2, -0.15) is 0 Å². The first kappa shape index (κ1) is 23.5. The van der Waals surface area contributed by atoms with Crippen molar-refractivity contribution in [3.05, 3.63) is 29.8 Å². The molecule has 3 fully saturated rings. The van der Waals surface area contributed by atoms with Gasteiger partial charge < -0.3 is 10.0 Å². The number of rotatable bonds is 6. The topological polar surface area (TPSA) is 89.9 Å². The van der Waals surface area contributed by atoms with Crippen LogP contribution in [-0.2, 0) is 10.9 Å². The van der Waals surface area contributed by atoms with E-state index in [-0.39, 0.29) is 11.9 Å². The molecule has 1 aromatic rings. The van der Waals surface area contributed by atoms with E-state index in [0.29, 0.717) is 36.8 Å². The van der Waals surface area contributed by atoms with Gasteiger partial charge in [0, 0.05) is 36.9 Å². The number of aliphatic hydroxyl groups excluding tert-OH is 1. The van der Waals surface area contributed by atoms with E-state index < -0.39 is 17.1 Å². The predicted molar refractivity (Wildman–Crippen MR) is 126 cm³/mol. The molecule has 32 heavy (non-hydrogen) atoms. The third-order valence-electron chi connectivity index (χ3n) is 7.83. The van der Waals surface area contributed by atoms with Crippen LogP contribution in [0.4, 0.5) is 5.69 Å². The SMILES string of the molecule is C[C@@H]1CN(C(O)CC2CC3CCCCCC3C2)CCN1C(=O)c1ccc(N[SH](=O)=O)cc1. The Morgan fingerprint density at radius 2 is 1.75 bits per heavy atom. The van der Waals surface area contributed by atoms with E-state index in [4.69, 9.17) is 0 Å². The lowest BCUT2D eigenvalue weighted by molar-refractivity contribution is -0.0481. The molecule has 3 unspecified atom stereocenters. The minimum Gasteiger partial charge on any atom is -0.378 e. The highest BCUT2D eigenvalue weighted by molar-refractivity contribution is 7.73. The van der Waals surface area contributed by atoms with Crippen molar-refractivity contribution in [3.8, 4) is 0 Å². The molecule has 7 nitrogen and oxygen atoms in total. The van der Waals surface area contributed by atoms with Crippen LogP contribution in [0.5, 0.6) is 0 Å². The molecule has 3 aliphatic rings. The number of thiol groups is 1. The minimum absolute atomic E-state index is 0.00879. The van der Waals surface area contributed by atoms with Gasteiger partial charge in [-0.1, -0.05) is 32.1 Å². The fraction of sp³-hybridized carbons (Fsp3) is 0.708. The Balaban J connectivity index is 1.28. The van der Waals surface area contributed by atoms with Crippen molar-refractivity contribution in [2.24, 2.45) is 17.8 Å². The second-order valence-corrected chi connectivity index (χ2v) is 10.7.